The van der Waals surface area contributed by atoms with Crippen LogP contribution in [0.25, 0.3) is 11.0 Å². The molecule has 2 saturated heterocycles. The summed E-state index contributed by atoms with van der Waals surface area (Å²) in [7, 11) is 0. The number of carbonyl (C=O) groups excluding carboxylic acids is 1. The van der Waals surface area contributed by atoms with Crippen LogP contribution in [-0.4, -0.2) is 71.1 Å². The summed E-state index contributed by atoms with van der Waals surface area (Å²) in [6.45, 7) is 9.33. The highest BCUT2D eigenvalue weighted by molar-refractivity contribution is 5.97. The number of morpholine rings is 1. The number of hydrogen-bond acceptors (Lipinski definition) is 4. The molecule has 1 N–H and O–H groups in total. The smallest absolute Gasteiger partial charge is 0.253 e. The molecule has 3 heterocycles. The second-order valence-electron chi connectivity index (χ2n) is 6.96. The first-order valence-corrected chi connectivity index (χ1v) is 8.69. The number of nitrogens with zero attached hydrogens (tertiary/aromatic N) is 3. The Morgan fingerprint density at radius 2 is 2.08 bits per heavy atom. The fourth-order valence-electron chi connectivity index (χ4n) is 3.95. The molecular formula is C18H24N4O2. The van der Waals surface area contributed by atoms with E-state index >= 15 is 0 Å². The van der Waals surface area contributed by atoms with Crippen LogP contribution in [0.4, 0.5) is 0 Å². The molecule has 24 heavy (non-hydrogen) atoms. The van der Waals surface area contributed by atoms with Gasteiger partial charge in [0.05, 0.1) is 24.2 Å². The van der Waals surface area contributed by atoms with E-state index in [1.165, 1.54) is 0 Å². The van der Waals surface area contributed by atoms with E-state index in [4.69, 9.17) is 4.74 Å². The molecule has 2 atom stereocenters. The molecule has 0 unspecified atom stereocenters. The zero-order chi connectivity index (χ0) is 16.7. The second-order valence-corrected chi connectivity index (χ2v) is 6.96. The number of nitrogens with one attached hydrogen (secondary N) is 1. The van der Waals surface area contributed by atoms with Crippen molar-refractivity contribution in [2.24, 2.45) is 5.92 Å². The molecule has 6 nitrogen and oxygen atoms in total. The van der Waals surface area contributed by atoms with Crippen molar-refractivity contribution in [3.05, 3.63) is 29.6 Å². The number of carbonyl (C=O) groups is 1. The van der Waals surface area contributed by atoms with Crippen LogP contribution in [0.15, 0.2) is 18.2 Å². The summed E-state index contributed by atoms with van der Waals surface area (Å²) in [6, 6.07) is 6.17. The molecule has 2 aliphatic heterocycles. The van der Waals surface area contributed by atoms with Crippen LogP contribution in [0, 0.1) is 12.8 Å². The summed E-state index contributed by atoms with van der Waals surface area (Å²) in [5, 5.41) is 0. The Hall–Kier alpha value is -1.92. The Balaban J connectivity index is 1.51. The molecule has 6 heteroatoms. The number of amides is 1. The zero-order valence-corrected chi connectivity index (χ0v) is 14.3. The van der Waals surface area contributed by atoms with Gasteiger partial charge in [0.2, 0.25) is 0 Å². The molecule has 1 amide bonds. The average Bonchev–Trinajstić information content (AvgIpc) is 3.16. The minimum absolute atomic E-state index is 0.117. The number of fused-ring (bicyclic) bond motifs is 1. The van der Waals surface area contributed by atoms with Crippen molar-refractivity contribution in [1.29, 1.82) is 0 Å². The summed E-state index contributed by atoms with van der Waals surface area (Å²) in [5.74, 6) is 1.48. The van der Waals surface area contributed by atoms with Crippen LogP contribution in [-0.2, 0) is 4.74 Å². The Morgan fingerprint density at radius 3 is 2.88 bits per heavy atom. The first-order valence-electron chi connectivity index (χ1n) is 8.69. The highest BCUT2D eigenvalue weighted by atomic mass is 16.5. The monoisotopic (exact) mass is 328 g/mol. The van der Waals surface area contributed by atoms with E-state index in [9.17, 15) is 4.79 Å². The molecule has 4 rings (SSSR count). The lowest BCUT2D eigenvalue weighted by atomic mass is 10.0. The summed E-state index contributed by atoms with van der Waals surface area (Å²) >= 11 is 0. The van der Waals surface area contributed by atoms with Crippen LogP contribution in [0.1, 0.15) is 23.1 Å². The van der Waals surface area contributed by atoms with Crippen LogP contribution >= 0.6 is 0 Å². The largest absolute Gasteiger partial charge is 0.379 e. The van der Waals surface area contributed by atoms with Gasteiger partial charge in [-0.2, -0.15) is 0 Å². The van der Waals surface area contributed by atoms with Gasteiger partial charge in [0.15, 0.2) is 0 Å². The number of benzene rings is 1. The molecule has 0 radical (unpaired) electrons. The van der Waals surface area contributed by atoms with Crippen molar-refractivity contribution in [3.63, 3.8) is 0 Å². The molecule has 0 bridgehead atoms. The van der Waals surface area contributed by atoms with Crippen LogP contribution in [0.2, 0.25) is 0 Å². The fourth-order valence-corrected chi connectivity index (χ4v) is 3.95. The van der Waals surface area contributed by atoms with Crippen LogP contribution in [0.5, 0.6) is 0 Å². The van der Waals surface area contributed by atoms with E-state index in [1.807, 2.05) is 30.0 Å². The predicted molar refractivity (Wildman–Crippen MR) is 92.1 cm³/mol. The Bertz CT molecular complexity index is 751. The summed E-state index contributed by atoms with van der Waals surface area (Å²) < 4.78 is 5.45. The second kappa shape index (κ2) is 6.18. The minimum atomic E-state index is 0.117. The lowest BCUT2D eigenvalue weighted by Crippen LogP contribution is -2.47. The van der Waals surface area contributed by atoms with Gasteiger partial charge in [-0.1, -0.05) is 6.92 Å². The van der Waals surface area contributed by atoms with E-state index in [1.54, 1.807) is 0 Å². The minimum Gasteiger partial charge on any atom is -0.379 e. The van der Waals surface area contributed by atoms with Crippen molar-refractivity contribution in [2.75, 3.05) is 39.4 Å². The molecule has 1 aromatic heterocycles. The maximum atomic E-state index is 12.9. The van der Waals surface area contributed by atoms with Crippen molar-refractivity contribution in [3.8, 4) is 0 Å². The molecule has 2 aliphatic rings. The maximum Gasteiger partial charge on any atom is 0.253 e. The van der Waals surface area contributed by atoms with Gasteiger partial charge in [-0.3, -0.25) is 9.69 Å². The first kappa shape index (κ1) is 15.6. The van der Waals surface area contributed by atoms with Crippen molar-refractivity contribution in [2.45, 2.75) is 19.9 Å². The van der Waals surface area contributed by atoms with Crippen LogP contribution in [0.3, 0.4) is 0 Å². The maximum absolute atomic E-state index is 12.9. The molecule has 2 aromatic rings. The first-order chi connectivity index (χ1) is 11.6. The molecule has 0 saturated carbocycles. The molecule has 1 aromatic carbocycles. The zero-order valence-electron chi connectivity index (χ0n) is 14.3. The Labute approximate surface area is 141 Å². The number of imidazole rings is 1. The predicted octanol–water partition coefficient (Wildman–Crippen LogP) is 1.66. The average molecular weight is 328 g/mol. The van der Waals surface area contributed by atoms with Crippen molar-refractivity contribution >= 4 is 16.9 Å². The van der Waals surface area contributed by atoms with Gasteiger partial charge in [-0.25, -0.2) is 4.98 Å². The number of aryl methyl sites for hydroxylation is 1. The highest BCUT2D eigenvalue weighted by Gasteiger charge is 2.36. The van der Waals surface area contributed by atoms with Gasteiger partial charge in [0.1, 0.15) is 5.82 Å². The number of aromatic amines is 1. The van der Waals surface area contributed by atoms with Crippen LogP contribution < -0.4 is 0 Å². The van der Waals surface area contributed by atoms with Crippen molar-refractivity contribution < 1.29 is 9.53 Å². The van der Waals surface area contributed by atoms with Crippen molar-refractivity contribution in [1.82, 2.24) is 19.8 Å². The normalized spacial score (nSPS) is 25.5. The number of rotatable bonds is 2. The van der Waals surface area contributed by atoms with Gasteiger partial charge >= 0.3 is 0 Å². The third kappa shape index (κ3) is 2.80. The van der Waals surface area contributed by atoms with Gasteiger partial charge < -0.3 is 14.6 Å². The quantitative estimate of drug-likeness (QED) is 0.911. The molecule has 0 aliphatic carbocycles. The number of ether oxygens (including phenoxy) is 1. The lowest BCUT2D eigenvalue weighted by molar-refractivity contribution is 0.0119. The number of H-pyrrole nitrogens is 1. The fraction of sp³-hybridized carbons (Fsp3) is 0.556. The summed E-state index contributed by atoms with van der Waals surface area (Å²) in [6.07, 6.45) is 0. The summed E-state index contributed by atoms with van der Waals surface area (Å²) in [5.41, 5.74) is 2.57. The third-order valence-electron chi connectivity index (χ3n) is 5.22. The molecule has 128 valence electrons. The Kier molecular flexibility index (Phi) is 4.02. The number of hydrogen-bond donors (Lipinski definition) is 1. The van der Waals surface area contributed by atoms with Gasteiger partial charge in [0, 0.05) is 37.8 Å². The summed E-state index contributed by atoms with van der Waals surface area (Å²) in [4.78, 5) is 25.0. The third-order valence-corrected chi connectivity index (χ3v) is 5.22. The molecule has 2 fully saturated rings. The van der Waals surface area contributed by atoms with Gasteiger partial charge in [-0.05, 0) is 31.0 Å². The number of likely N-dealkylation sites (tertiary alicyclic amines) is 1. The van der Waals surface area contributed by atoms with E-state index in [0.29, 0.717) is 12.0 Å². The highest BCUT2D eigenvalue weighted by Crippen LogP contribution is 2.25. The molecular weight excluding hydrogens is 304 g/mol. The standard InChI is InChI=1S/C18H24N4O2/c1-12-10-22(11-17(12)21-5-7-24-8-6-21)18(23)14-3-4-15-16(9-14)20-13(2)19-15/h3-4,9,12,17H,5-8,10-11H2,1-2H3,(H,19,20)/t12-,17+/m0/s1. The topological polar surface area (TPSA) is 61.5 Å². The van der Waals surface area contributed by atoms with E-state index in [2.05, 4.69) is 21.8 Å². The number of aromatic nitrogens is 2. The van der Waals surface area contributed by atoms with E-state index < -0.39 is 0 Å². The van der Waals surface area contributed by atoms with E-state index in [0.717, 1.165) is 61.8 Å². The SMILES string of the molecule is Cc1nc2ccc(C(=O)N3C[C@@H](N4CCOCC4)[C@@H](C)C3)cc2[nH]1. The van der Waals surface area contributed by atoms with Gasteiger partial charge in [0.25, 0.3) is 5.91 Å². The van der Waals surface area contributed by atoms with E-state index in [-0.39, 0.29) is 5.91 Å². The lowest BCUT2D eigenvalue weighted by Gasteiger charge is -2.33. The van der Waals surface area contributed by atoms with Gasteiger partial charge in [-0.15, -0.1) is 0 Å². The molecule has 0 spiro atoms. The Morgan fingerprint density at radius 1 is 1.29 bits per heavy atom.